The zero-order valence-electron chi connectivity index (χ0n) is 16.0. The Morgan fingerprint density at radius 3 is 2.59 bits per heavy atom. The van der Waals surface area contributed by atoms with Crippen molar-refractivity contribution in [3.63, 3.8) is 0 Å². The first-order valence-corrected chi connectivity index (χ1v) is 8.93. The molecule has 0 saturated carbocycles. The van der Waals surface area contributed by atoms with E-state index in [4.69, 9.17) is 14.9 Å². The molecule has 0 atom stereocenters. The standard InChI is InChI=1S/C19H27N5O3/c1-4-21-19(23-11-18-24-13(2)14(3)27-18)22-10-9-15-5-7-16(8-6-15)26-12-17(20)25/h5-8H,4,9-12H2,1-3H3,(H2,20,25)(H2,21,22,23). The van der Waals surface area contributed by atoms with Gasteiger partial charge in [0.05, 0.1) is 5.69 Å². The predicted octanol–water partition coefficient (Wildman–Crippen LogP) is 1.45. The van der Waals surface area contributed by atoms with E-state index in [9.17, 15) is 4.79 Å². The van der Waals surface area contributed by atoms with Crippen molar-refractivity contribution in [3.8, 4) is 5.75 Å². The van der Waals surface area contributed by atoms with Gasteiger partial charge in [0.25, 0.3) is 5.91 Å². The van der Waals surface area contributed by atoms with Crippen molar-refractivity contribution in [1.82, 2.24) is 15.6 Å². The fourth-order valence-corrected chi connectivity index (χ4v) is 2.33. The van der Waals surface area contributed by atoms with Crippen LogP contribution in [0.2, 0.25) is 0 Å². The Labute approximate surface area is 159 Å². The molecule has 1 heterocycles. The van der Waals surface area contributed by atoms with Gasteiger partial charge in [0.15, 0.2) is 12.6 Å². The summed E-state index contributed by atoms with van der Waals surface area (Å²) >= 11 is 0. The van der Waals surface area contributed by atoms with E-state index in [-0.39, 0.29) is 6.61 Å². The number of benzene rings is 1. The first-order valence-electron chi connectivity index (χ1n) is 8.93. The predicted molar refractivity (Wildman–Crippen MR) is 104 cm³/mol. The molecule has 8 heteroatoms. The molecule has 146 valence electrons. The number of rotatable bonds is 9. The lowest BCUT2D eigenvalue weighted by molar-refractivity contribution is -0.119. The third-order valence-corrected chi connectivity index (χ3v) is 3.80. The van der Waals surface area contributed by atoms with E-state index in [0.29, 0.717) is 24.1 Å². The second-order valence-electron chi connectivity index (χ2n) is 6.02. The summed E-state index contributed by atoms with van der Waals surface area (Å²) in [5.41, 5.74) is 7.09. The van der Waals surface area contributed by atoms with Gasteiger partial charge < -0.3 is 25.5 Å². The summed E-state index contributed by atoms with van der Waals surface area (Å²) in [6.45, 7) is 7.58. The number of carbonyl (C=O) groups is 1. The van der Waals surface area contributed by atoms with E-state index >= 15 is 0 Å². The Morgan fingerprint density at radius 1 is 1.26 bits per heavy atom. The molecule has 0 radical (unpaired) electrons. The number of aromatic nitrogens is 1. The van der Waals surface area contributed by atoms with Gasteiger partial charge in [0.2, 0.25) is 5.89 Å². The maximum atomic E-state index is 10.7. The number of amides is 1. The molecule has 0 fully saturated rings. The fraction of sp³-hybridized carbons (Fsp3) is 0.421. The first-order chi connectivity index (χ1) is 13.0. The van der Waals surface area contributed by atoms with Crippen LogP contribution in [0.5, 0.6) is 5.75 Å². The zero-order valence-corrected chi connectivity index (χ0v) is 16.0. The van der Waals surface area contributed by atoms with Crippen molar-refractivity contribution in [2.45, 2.75) is 33.7 Å². The minimum atomic E-state index is -0.492. The van der Waals surface area contributed by atoms with E-state index in [1.54, 1.807) is 0 Å². The smallest absolute Gasteiger partial charge is 0.255 e. The third kappa shape index (κ3) is 7.01. The van der Waals surface area contributed by atoms with E-state index < -0.39 is 5.91 Å². The number of hydrogen-bond acceptors (Lipinski definition) is 5. The molecule has 2 aromatic rings. The largest absolute Gasteiger partial charge is 0.484 e. The molecule has 27 heavy (non-hydrogen) atoms. The molecule has 0 unspecified atom stereocenters. The van der Waals surface area contributed by atoms with Crippen molar-refractivity contribution in [2.75, 3.05) is 19.7 Å². The Hall–Kier alpha value is -3.03. The molecular formula is C19H27N5O3. The number of aryl methyl sites for hydroxylation is 2. The zero-order chi connectivity index (χ0) is 19.6. The van der Waals surface area contributed by atoms with Crippen LogP contribution >= 0.6 is 0 Å². The lowest BCUT2D eigenvalue weighted by atomic mass is 10.1. The minimum absolute atomic E-state index is 0.118. The van der Waals surface area contributed by atoms with Gasteiger partial charge in [0, 0.05) is 13.1 Å². The lowest BCUT2D eigenvalue weighted by Gasteiger charge is -2.11. The molecule has 0 bridgehead atoms. The van der Waals surface area contributed by atoms with Gasteiger partial charge in [0.1, 0.15) is 18.1 Å². The average Bonchev–Trinajstić information content (AvgIpc) is 2.96. The van der Waals surface area contributed by atoms with Crippen LogP contribution in [0.4, 0.5) is 0 Å². The Kier molecular flexibility index (Phi) is 7.66. The summed E-state index contributed by atoms with van der Waals surface area (Å²) in [6.07, 6.45) is 0.817. The second kappa shape index (κ2) is 10.2. The van der Waals surface area contributed by atoms with Crippen molar-refractivity contribution >= 4 is 11.9 Å². The fourth-order valence-electron chi connectivity index (χ4n) is 2.33. The van der Waals surface area contributed by atoms with Crippen LogP contribution in [0.15, 0.2) is 33.7 Å². The number of nitrogens with zero attached hydrogens (tertiary/aromatic N) is 2. The number of primary amides is 1. The van der Waals surface area contributed by atoms with Gasteiger partial charge in [-0.15, -0.1) is 0 Å². The van der Waals surface area contributed by atoms with Gasteiger partial charge in [-0.05, 0) is 44.9 Å². The molecule has 2 rings (SSSR count). The molecule has 0 aliphatic carbocycles. The highest BCUT2D eigenvalue weighted by molar-refractivity contribution is 5.79. The molecule has 4 N–H and O–H groups in total. The van der Waals surface area contributed by atoms with Crippen molar-refractivity contribution < 1.29 is 13.9 Å². The quantitative estimate of drug-likeness (QED) is 0.453. The van der Waals surface area contributed by atoms with Crippen LogP contribution in [0.25, 0.3) is 0 Å². The van der Waals surface area contributed by atoms with Crippen LogP contribution in [0, 0.1) is 13.8 Å². The van der Waals surface area contributed by atoms with Gasteiger partial charge in [-0.1, -0.05) is 12.1 Å². The number of nitrogens with one attached hydrogen (secondary N) is 2. The van der Waals surface area contributed by atoms with E-state index in [1.807, 2.05) is 45.0 Å². The van der Waals surface area contributed by atoms with Crippen LogP contribution in [0.1, 0.15) is 29.8 Å². The summed E-state index contributed by atoms with van der Waals surface area (Å²) < 4.78 is 10.8. The van der Waals surface area contributed by atoms with E-state index in [2.05, 4.69) is 20.6 Å². The highest BCUT2D eigenvalue weighted by atomic mass is 16.5. The maximum absolute atomic E-state index is 10.7. The van der Waals surface area contributed by atoms with Gasteiger partial charge in [-0.2, -0.15) is 0 Å². The number of oxazole rings is 1. The van der Waals surface area contributed by atoms with Crippen molar-refractivity contribution in [2.24, 2.45) is 10.7 Å². The molecule has 0 aliphatic rings. The van der Waals surface area contributed by atoms with Gasteiger partial charge in [-0.3, -0.25) is 4.79 Å². The Morgan fingerprint density at radius 2 is 2.00 bits per heavy atom. The normalized spacial score (nSPS) is 11.3. The number of aliphatic imine (C=N–C) groups is 1. The molecular weight excluding hydrogens is 346 g/mol. The van der Waals surface area contributed by atoms with Gasteiger partial charge >= 0.3 is 0 Å². The van der Waals surface area contributed by atoms with Crippen molar-refractivity contribution in [3.05, 3.63) is 47.2 Å². The number of ether oxygens (including phenoxy) is 1. The highest BCUT2D eigenvalue weighted by Crippen LogP contribution is 2.12. The summed E-state index contributed by atoms with van der Waals surface area (Å²) in [5, 5.41) is 6.50. The third-order valence-electron chi connectivity index (χ3n) is 3.80. The monoisotopic (exact) mass is 373 g/mol. The van der Waals surface area contributed by atoms with Crippen LogP contribution in [-0.4, -0.2) is 36.5 Å². The maximum Gasteiger partial charge on any atom is 0.255 e. The summed E-state index contributed by atoms with van der Waals surface area (Å²) in [7, 11) is 0. The van der Waals surface area contributed by atoms with E-state index in [0.717, 1.165) is 36.5 Å². The summed E-state index contributed by atoms with van der Waals surface area (Å²) in [5.74, 6) is 2.27. The van der Waals surface area contributed by atoms with Gasteiger partial charge in [-0.25, -0.2) is 9.98 Å². The topological polar surface area (TPSA) is 115 Å². The number of nitrogens with two attached hydrogens (primary N) is 1. The highest BCUT2D eigenvalue weighted by Gasteiger charge is 2.05. The molecule has 8 nitrogen and oxygen atoms in total. The average molecular weight is 373 g/mol. The molecule has 1 aromatic carbocycles. The lowest BCUT2D eigenvalue weighted by Crippen LogP contribution is -2.38. The number of hydrogen-bond donors (Lipinski definition) is 3. The molecule has 0 spiro atoms. The Balaban J connectivity index is 1.82. The molecule has 1 amide bonds. The summed E-state index contributed by atoms with van der Waals surface area (Å²) in [6, 6.07) is 7.57. The Bertz CT molecular complexity index is 749. The van der Waals surface area contributed by atoms with Crippen LogP contribution in [0.3, 0.4) is 0 Å². The SMILES string of the molecule is CCNC(=NCc1nc(C)c(C)o1)NCCc1ccc(OCC(N)=O)cc1. The second-order valence-corrected chi connectivity index (χ2v) is 6.02. The number of guanidine groups is 1. The first kappa shape index (κ1) is 20.3. The van der Waals surface area contributed by atoms with Crippen LogP contribution in [-0.2, 0) is 17.8 Å². The number of carbonyl (C=O) groups excluding carboxylic acids is 1. The molecule has 0 saturated heterocycles. The van der Waals surface area contributed by atoms with Crippen molar-refractivity contribution in [1.29, 1.82) is 0 Å². The summed E-state index contributed by atoms with van der Waals surface area (Å²) in [4.78, 5) is 19.6. The van der Waals surface area contributed by atoms with Crippen LogP contribution < -0.4 is 21.1 Å². The minimum Gasteiger partial charge on any atom is -0.484 e. The van der Waals surface area contributed by atoms with E-state index in [1.165, 1.54) is 0 Å². The molecule has 1 aromatic heterocycles. The molecule has 0 aliphatic heterocycles.